The SMILES string of the molecule is CC(C#N)C(=O)NC(C)c1cccc(Cl)c1. The highest BCUT2D eigenvalue weighted by Gasteiger charge is 2.15. The molecule has 0 aliphatic rings. The van der Waals surface area contributed by atoms with Crippen molar-refractivity contribution in [2.45, 2.75) is 19.9 Å². The minimum Gasteiger partial charge on any atom is -0.348 e. The molecule has 1 amide bonds. The van der Waals surface area contributed by atoms with Crippen LogP contribution in [0.15, 0.2) is 24.3 Å². The number of hydrogen-bond donors (Lipinski definition) is 1. The number of benzene rings is 1. The molecule has 0 aliphatic carbocycles. The molecular weight excluding hydrogens is 224 g/mol. The third-order valence-corrected chi connectivity index (χ3v) is 2.53. The number of nitrogens with one attached hydrogen (secondary N) is 1. The number of halogens is 1. The number of carbonyl (C=O) groups excluding carboxylic acids is 1. The van der Waals surface area contributed by atoms with Gasteiger partial charge in [-0.2, -0.15) is 5.26 Å². The van der Waals surface area contributed by atoms with E-state index in [2.05, 4.69) is 5.32 Å². The summed E-state index contributed by atoms with van der Waals surface area (Å²) in [5.74, 6) is -0.906. The summed E-state index contributed by atoms with van der Waals surface area (Å²) >= 11 is 5.85. The van der Waals surface area contributed by atoms with Gasteiger partial charge in [-0.1, -0.05) is 23.7 Å². The molecule has 0 aliphatic heterocycles. The second kappa shape index (κ2) is 5.53. The quantitative estimate of drug-likeness (QED) is 0.877. The van der Waals surface area contributed by atoms with Gasteiger partial charge in [0, 0.05) is 5.02 Å². The largest absolute Gasteiger partial charge is 0.348 e. The van der Waals surface area contributed by atoms with Crippen molar-refractivity contribution in [2.75, 3.05) is 0 Å². The van der Waals surface area contributed by atoms with Crippen LogP contribution in [-0.2, 0) is 4.79 Å². The van der Waals surface area contributed by atoms with Crippen LogP contribution in [0.5, 0.6) is 0 Å². The Morgan fingerprint density at radius 3 is 2.75 bits per heavy atom. The van der Waals surface area contributed by atoms with Crippen LogP contribution in [0.1, 0.15) is 25.5 Å². The summed E-state index contributed by atoms with van der Waals surface area (Å²) in [6.45, 7) is 3.42. The fourth-order valence-corrected chi connectivity index (χ4v) is 1.46. The number of carbonyl (C=O) groups is 1. The van der Waals surface area contributed by atoms with Crippen LogP contribution in [0.4, 0.5) is 0 Å². The summed E-state index contributed by atoms with van der Waals surface area (Å²) in [5, 5.41) is 12.0. The fraction of sp³-hybridized carbons (Fsp3) is 0.333. The molecule has 84 valence electrons. The summed E-state index contributed by atoms with van der Waals surface area (Å²) < 4.78 is 0. The van der Waals surface area contributed by atoms with Gasteiger partial charge in [0.2, 0.25) is 5.91 Å². The average Bonchev–Trinajstić information content (AvgIpc) is 2.27. The lowest BCUT2D eigenvalue weighted by molar-refractivity contribution is -0.123. The lowest BCUT2D eigenvalue weighted by atomic mass is 10.1. The van der Waals surface area contributed by atoms with Crippen molar-refractivity contribution in [1.29, 1.82) is 5.26 Å². The van der Waals surface area contributed by atoms with Crippen molar-refractivity contribution in [1.82, 2.24) is 5.32 Å². The highest BCUT2D eigenvalue weighted by Crippen LogP contribution is 2.17. The summed E-state index contributed by atoms with van der Waals surface area (Å²) in [7, 11) is 0. The molecule has 1 aromatic rings. The molecule has 16 heavy (non-hydrogen) atoms. The van der Waals surface area contributed by atoms with Gasteiger partial charge in [0.15, 0.2) is 0 Å². The van der Waals surface area contributed by atoms with E-state index in [4.69, 9.17) is 16.9 Å². The molecule has 0 saturated carbocycles. The van der Waals surface area contributed by atoms with Gasteiger partial charge in [-0.3, -0.25) is 4.79 Å². The highest BCUT2D eigenvalue weighted by molar-refractivity contribution is 6.30. The van der Waals surface area contributed by atoms with Gasteiger partial charge >= 0.3 is 0 Å². The second-order valence-corrected chi connectivity index (χ2v) is 4.07. The van der Waals surface area contributed by atoms with Crippen LogP contribution < -0.4 is 5.32 Å². The first-order valence-electron chi connectivity index (χ1n) is 5.00. The molecule has 0 aromatic heterocycles. The third kappa shape index (κ3) is 3.25. The Bertz CT molecular complexity index is 425. The molecule has 0 fully saturated rings. The van der Waals surface area contributed by atoms with Gasteiger partial charge in [-0.05, 0) is 31.5 Å². The van der Waals surface area contributed by atoms with Crippen LogP contribution in [0, 0.1) is 17.2 Å². The van der Waals surface area contributed by atoms with Gasteiger partial charge in [-0.15, -0.1) is 0 Å². The van der Waals surface area contributed by atoms with Gasteiger partial charge in [0.25, 0.3) is 0 Å². The first-order chi connectivity index (χ1) is 7.54. The predicted octanol–water partition coefficient (Wildman–Crippen LogP) is 2.68. The summed E-state index contributed by atoms with van der Waals surface area (Å²) in [6.07, 6.45) is 0. The van der Waals surface area contributed by atoms with E-state index in [-0.39, 0.29) is 11.9 Å². The first kappa shape index (κ1) is 12.5. The molecule has 4 heteroatoms. The Kier molecular flexibility index (Phi) is 4.33. The number of nitriles is 1. The molecule has 2 unspecified atom stereocenters. The molecule has 0 radical (unpaired) electrons. The fourth-order valence-electron chi connectivity index (χ4n) is 1.26. The molecule has 0 saturated heterocycles. The number of nitrogens with zero attached hydrogens (tertiary/aromatic N) is 1. The Balaban J connectivity index is 2.70. The van der Waals surface area contributed by atoms with Crippen LogP contribution in [0.2, 0.25) is 5.02 Å². The first-order valence-corrected chi connectivity index (χ1v) is 5.38. The molecule has 1 aromatic carbocycles. The average molecular weight is 237 g/mol. The molecular formula is C12H13ClN2O. The predicted molar refractivity (Wildman–Crippen MR) is 62.8 cm³/mol. The van der Waals surface area contributed by atoms with Gasteiger partial charge in [-0.25, -0.2) is 0 Å². The topological polar surface area (TPSA) is 52.9 Å². The summed E-state index contributed by atoms with van der Waals surface area (Å²) in [4.78, 5) is 11.5. The number of rotatable bonds is 3. The zero-order valence-corrected chi connectivity index (χ0v) is 9.95. The molecule has 0 heterocycles. The van der Waals surface area contributed by atoms with Crippen molar-refractivity contribution in [3.8, 4) is 6.07 Å². The maximum Gasteiger partial charge on any atom is 0.237 e. The van der Waals surface area contributed by atoms with Crippen molar-refractivity contribution in [3.63, 3.8) is 0 Å². The van der Waals surface area contributed by atoms with Crippen molar-refractivity contribution in [3.05, 3.63) is 34.9 Å². The van der Waals surface area contributed by atoms with E-state index in [1.807, 2.05) is 25.1 Å². The second-order valence-electron chi connectivity index (χ2n) is 3.64. The van der Waals surface area contributed by atoms with Gasteiger partial charge in [0.1, 0.15) is 5.92 Å². The Labute approximate surface area is 100 Å². The van der Waals surface area contributed by atoms with Crippen molar-refractivity contribution >= 4 is 17.5 Å². The van der Waals surface area contributed by atoms with E-state index in [9.17, 15) is 4.79 Å². The third-order valence-electron chi connectivity index (χ3n) is 2.29. The van der Waals surface area contributed by atoms with Crippen molar-refractivity contribution < 1.29 is 4.79 Å². The maximum atomic E-state index is 11.5. The monoisotopic (exact) mass is 236 g/mol. The number of amides is 1. The number of hydrogen-bond acceptors (Lipinski definition) is 2. The van der Waals surface area contributed by atoms with Crippen LogP contribution in [0.3, 0.4) is 0 Å². The van der Waals surface area contributed by atoms with Crippen LogP contribution in [0.25, 0.3) is 0 Å². The zero-order valence-electron chi connectivity index (χ0n) is 9.20. The van der Waals surface area contributed by atoms with E-state index >= 15 is 0 Å². The zero-order chi connectivity index (χ0) is 12.1. The van der Waals surface area contributed by atoms with Crippen LogP contribution >= 0.6 is 11.6 Å². The summed E-state index contributed by atoms with van der Waals surface area (Å²) in [6, 6.07) is 9.02. The molecule has 1 N–H and O–H groups in total. The van der Waals surface area contributed by atoms with Crippen molar-refractivity contribution in [2.24, 2.45) is 5.92 Å². The molecule has 0 spiro atoms. The van der Waals surface area contributed by atoms with Gasteiger partial charge in [0.05, 0.1) is 12.1 Å². The minimum atomic E-state index is -0.637. The van der Waals surface area contributed by atoms with Gasteiger partial charge < -0.3 is 5.32 Å². The lowest BCUT2D eigenvalue weighted by Gasteiger charge is -2.15. The molecule has 1 rings (SSSR count). The molecule has 0 bridgehead atoms. The van der Waals surface area contributed by atoms with E-state index in [0.717, 1.165) is 5.56 Å². The van der Waals surface area contributed by atoms with E-state index in [1.165, 1.54) is 0 Å². The van der Waals surface area contributed by atoms with Crippen LogP contribution in [-0.4, -0.2) is 5.91 Å². The smallest absolute Gasteiger partial charge is 0.237 e. The van der Waals surface area contributed by atoms with E-state index in [0.29, 0.717) is 5.02 Å². The normalized spacial score (nSPS) is 13.6. The Morgan fingerprint density at radius 1 is 1.50 bits per heavy atom. The standard InChI is InChI=1S/C12H13ClN2O/c1-8(7-14)12(16)15-9(2)10-4-3-5-11(13)6-10/h3-6,8-9H,1-2H3,(H,15,16). The van der Waals surface area contributed by atoms with E-state index in [1.54, 1.807) is 19.1 Å². The summed E-state index contributed by atoms with van der Waals surface area (Å²) in [5.41, 5.74) is 0.922. The molecule has 3 nitrogen and oxygen atoms in total. The highest BCUT2D eigenvalue weighted by atomic mass is 35.5. The van der Waals surface area contributed by atoms with E-state index < -0.39 is 5.92 Å². The minimum absolute atomic E-state index is 0.151. The Hall–Kier alpha value is -1.53. The Morgan fingerprint density at radius 2 is 2.19 bits per heavy atom. The maximum absolute atomic E-state index is 11.5. The molecule has 2 atom stereocenters. The lowest BCUT2D eigenvalue weighted by Crippen LogP contribution is -2.30.